The van der Waals surface area contributed by atoms with Gasteiger partial charge in [0.2, 0.25) is 11.8 Å². The van der Waals surface area contributed by atoms with Gasteiger partial charge in [-0.05, 0) is 25.0 Å². The fourth-order valence-corrected chi connectivity index (χ4v) is 5.64. The molecule has 1 aromatic carbocycles. The van der Waals surface area contributed by atoms with Crippen LogP contribution in [0.25, 0.3) is 0 Å². The Morgan fingerprint density at radius 3 is 2.93 bits per heavy atom. The number of hydrogen-bond acceptors (Lipinski definition) is 6. The zero-order valence-electron chi connectivity index (χ0n) is 14.6. The predicted molar refractivity (Wildman–Crippen MR) is 103 cm³/mol. The van der Waals surface area contributed by atoms with Crippen molar-refractivity contribution >= 4 is 45.1 Å². The van der Waals surface area contributed by atoms with Crippen molar-refractivity contribution in [3.63, 3.8) is 0 Å². The molecule has 27 heavy (non-hydrogen) atoms. The van der Waals surface area contributed by atoms with Crippen molar-refractivity contribution in [1.82, 2.24) is 9.80 Å². The number of thioether (sulfide) groups is 1. The zero-order valence-corrected chi connectivity index (χ0v) is 16.3. The molecular formula is C17H20N4O4S2. The molecule has 2 fully saturated rings. The average Bonchev–Trinajstić information content (AvgIpc) is 3.06. The van der Waals surface area contributed by atoms with Crippen LogP contribution in [0.5, 0.6) is 0 Å². The first-order valence-electron chi connectivity index (χ1n) is 8.78. The number of para-hydroxylation sites is 1. The SMILES string of the molecule is O=C1CSCN1CC(=O)N1CCC[C@@H](C2=NS(=O)(=O)c3ccccc3N2)C1. The summed E-state index contributed by atoms with van der Waals surface area (Å²) in [6.07, 6.45) is 1.52. The number of amidine groups is 1. The molecule has 3 heterocycles. The molecule has 4 rings (SSSR count). The summed E-state index contributed by atoms with van der Waals surface area (Å²) in [6.45, 7) is 1.10. The normalized spacial score (nSPS) is 24.2. The van der Waals surface area contributed by atoms with Crippen molar-refractivity contribution in [1.29, 1.82) is 0 Å². The minimum Gasteiger partial charge on any atom is -0.342 e. The second-order valence-electron chi connectivity index (χ2n) is 6.82. The van der Waals surface area contributed by atoms with Crippen LogP contribution in [0.2, 0.25) is 0 Å². The molecule has 1 N–H and O–H groups in total. The Kier molecular flexibility index (Phi) is 4.85. The molecule has 3 aliphatic heterocycles. The Balaban J connectivity index is 1.48. The number of nitrogens with one attached hydrogen (secondary N) is 1. The van der Waals surface area contributed by atoms with E-state index in [0.717, 1.165) is 12.8 Å². The van der Waals surface area contributed by atoms with E-state index in [0.29, 0.717) is 36.2 Å². The molecule has 0 spiro atoms. The molecule has 2 amide bonds. The fraction of sp³-hybridized carbons (Fsp3) is 0.471. The van der Waals surface area contributed by atoms with E-state index in [2.05, 4.69) is 9.71 Å². The summed E-state index contributed by atoms with van der Waals surface area (Å²) >= 11 is 1.51. The first-order valence-corrected chi connectivity index (χ1v) is 11.4. The molecular weight excluding hydrogens is 388 g/mol. The van der Waals surface area contributed by atoms with Gasteiger partial charge in [-0.15, -0.1) is 16.2 Å². The van der Waals surface area contributed by atoms with Crippen LogP contribution in [0.4, 0.5) is 5.69 Å². The van der Waals surface area contributed by atoms with E-state index < -0.39 is 10.0 Å². The van der Waals surface area contributed by atoms with Crippen LogP contribution in [0.1, 0.15) is 12.8 Å². The molecule has 8 nitrogen and oxygen atoms in total. The number of piperidine rings is 1. The second-order valence-corrected chi connectivity index (χ2v) is 9.35. The fourth-order valence-electron chi connectivity index (χ4n) is 3.54. The highest BCUT2D eigenvalue weighted by atomic mass is 32.2. The van der Waals surface area contributed by atoms with E-state index in [9.17, 15) is 18.0 Å². The zero-order chi connectivity index (χ0) is 19.0. The molecule has 0 aliphatic carbocycles. The highest BCUT2D eigenvalue weighted by Gasteiger charge is 2.33. The number of hydrogen-bond donors (Lipinski definition) is 1. The van der Waals surface area contributed by atoms with E-state index >= 15 is 0 Å². The standard InChI is InChI=1S/C17H20N4O4S2/c22-15(9-21-11-26-10-16(21)23)20-7-3-4-12(8-20)17-18-13-5-1-2-6-14(13)27(24,25)19-17/h1-2,5-6,12H,3-4,7-11H2,(H,18,19)/t12-/m1/s1. The third-order valence-corrected chi connectivity index (χ3v) is 7.25. The van der Waals surface area contributed by atoms with Crippen molar-refractivity contribution in [2.75, 3.05) is 36.6 Å². The Labute approximate surface area is 162 Å². The van der Waals surface area contributed by atoms with Gasteiger partial charge in [0.25, 0.3) is 10.0 Å². The smallest absolute Gasteiger partial charge is 0.286 e. The molecule has 0 bridgehead atoms. The van der Waals surface area contributed by atoms with E-state index in [1.54, 1.807) is 28.0 Å². The lowest BCUT2D eigenvalue weighted by atomic mass is 9.96. The van der Waals surface area contributed by atoms with Crippen LogP contribution in [-0.4, -0.2) is 67.1 Å². The van der Waals surface area contributed by atoms with Crippen molar-refractivity contribution in [2.45, 2.75) is 17.7 Å². The van der Waals surface area contributed by atoms with Crippen molar-refractivity contribution < 1.29 is 18.0 Å². The lowest BCUT2D eigenvalue weighted by molar-refractivity contribution is -0.138. The van der Waals surface area contributed by atoms with E-state index in [1.165, 1.54) is 17.8 Å². The van der Waals surface area contributed by atoms with Crippen molar-refractivity contribution in [2.24, 2.45) is 10.3 Å². The monoisotopic (exact) mass is 408 g/mol. The van der Waals surface area contributed by atoms with Crippen LogP contribution in [0, 0.1) is 5.92 Å². The number of fused-ring (bicyclic) bond motifs is 1. The summed E-state index contributed by atoms with van der Waals surface area (Å²) in [5.41, 5.74) is 0.519. The van der Waals surface area contributed by atoms with Gasteiger partial charge in [0.05, 0.1) is 17.3 Å². The molecule has 1 aromatic rings. The number of rotatable bonds is 3. The van der Waals surface area contributed by atoms with Gasteiger partial charge in [-0.1, -0.05) is 12.1 Å². The Bertz CT molecular complexity index is 915. The van der Waals surface area contributed by atoms with Gasteiger partial charge in [0.15, 0.2) is 0 Å². The maximum Gasteiger partial charge on any atom is 0.286 e. The van der Waals surface area contributed by atoms with Crippen LogP contribution >= 0.6 is 11.8 Å². The van der Waals surface area contributed by atoms with E-state index in [-0.39, 0.29) is 29.2 Å². The minimum atomic E-state index is -3.74. The molecule has 10 heteroatoms. The van der Waals surface area contributed by atoms with Crippen molar-refractivity contribution in [3.05, 3.63) is 24.3 Å². The van der Waals surface area contributed by atoms with Crippen LogP contribution < -0.4 is 5.32 Å². The minimum absolute atomic E-state index is 0.0112. The lowest BCUT2D eigenvalue weighted by Gasteiger charge is -2.35. The molecule has 1 atom stereocenters. The first kappa shape index (κ1) is 18.3. The highest BCUT2D eigenvalue weighted by Crippen LogP contribution is 2.30. The van der Waals surface area contributed by atoms with Gasteiger partial charge in [0, 0.05) is 19.0 Å². The largest absolute Gasteiger partial charge is 0.342 e. The average molecular weight is 409 g/mol. The van der Waals surface area contributed by atoms with Gasteiger partial charge in [-0.3, -0.25) is 9.59 Å². The third-order valence-electron chi connectivity index (χ3n) is 4.96. The maximum atomic E-state index is 12.6. The summed E-state index contributed by atoms with van der Waals surface area (Å²) in [6, 6.07) is 6.67. The molecule has 3 aliphatic rings. The quantitative estimate of drug-likeness (QED) is 0.800. The second kappa shape index (κ2) is 7.16. The first-order chi connectivity index (χ1) is 12.9. The number of nitrogens with zero attached hydrogens (tertiary/aromatic N) is 3. The van der Waals surface area contributed by atoms with Crippen molar-refractivity contribution in [3.8, 4) is 0 Å². The summed E-state index contributed by atoms with van der Waals surface area (Å²) in [7, 11) is -3.74. The van der Waals surface area contributed by atoms with Gasteiger partial charge < -0.3 is 15.1 Å². The molecule has 0 radical (unpaired) electrons. The van der Waals surface area contributed by atoms with E-state index in [4.69, 9.17) is 0 Å². The number of anilines is 1. The molecule has 0 saturated carbocycles. The van der Waals surface area contributed by atoms with Crippen LogP contribution in [-0.2, 0) is 19.6 Å². The summed E-state index contributed by atoms with van der Waals surface area (Å²) in [5, 5.41) is 3.13. The van der Waals surface area contributed by atoms with E-state index in [1.807, 2.05) is 0 Å². The number of carbonyl (C=O) groups excluding carboxylic acids is 2. The molecule has 0 unspecified atom stereocenters. The molecule has 0 aromatic heterocycles. The maximum absolute atomic E-state index is 12.6. The summed E-state index contributed by atoms with van der Waals surface area (Å²) in [4.78, 5) is 27.8. The van der Waals surface area contributed by atoms with Gasteiger partial charge >= 0.3 is 0 Å². The third kappa shape index (κ3) is 3.68. The number of benzene rings is 1. The highest BCUT2D eigenvalue weighted by molar-refractivity contribution is 8.00. The number of carbonyl (C=O) groups is 2. The lowest BCUT2D eigenvalue weighted by Crippen LogP contribution is -2.48. The Morgan fingerprint density at radius 1 is 1.33 bits per heavy atom. The Morgan fingerprint density at radius 2 is 2.15 bits per heavy atom. The van der Waals surface area contributed by atoms with Gasteiger partial charge in [-0.25, -0.2) is 0 Å². The van der Waals surface area contributed by atoms with Gasteiger partial charge in [-0.2, -0.15) is 8.42 Å². The van der Waals surface area contributed by atoms with Gasteiger partial charge in [0.1, 0.15) is 17.3 Å². The molecule has 144 valence electrons. The van der Waals surface area contributed by atoms with Crippen LogP contribution in [0.3, 0.4) is 0 Å². The summed E-state index contributed by atoms with van der Waals surface area (Å²) in [5.74, 6) is 1.07. The van der Waals surface area contributed by atoms with Crippen LogP contribution in [0.15, 0.2) is 33.6 Å². The summed E-state index contributed by atoms with van der Waals surface area (Å²) < 4.78 is 28.9. The Hall–Kier alpha value is -2.07. The number of amides is 2. The molecule has 2 saturated heterocycles. The number of sulfonamides is 1. The topological polar surface area (TPSA) is 99.2 Å². The number of likely N-dealkylation sites (tertiary alicyclic amines) is 1. The predicted octanol–water partition coefficient (Wildman–Crippen LogP) is 0.971.